The van der Waals surface area contributed by atoms with E-state index in [4.69, 9.17) is 0 Å². The van der Waals surface area contributed by atoms with Crippen LogP contribution in [0.25, 0.3) is 0 Å². The SMILES string of the molecule is CC(O)C(C)S(=O)(=O)c1ccc(C(C)(C)C)cc1. The molecule has 0 aliphatic heterocycles. The second-order valence-electron chi connectivity index (χ2n) is 5.77. The Morgan fingerprint density at radius 3 is 1.83 bits per heavy atom. The Kier molecular flexibility index (Phi) is 4.23. The quantitative estimate of drug-likeness (QED) is 0.918. The molecule has 0 aliphatic carbocycles. The Hall–Kier alpha value is -0.870. The molecule has 0 amide bonds. The van der Waals surface area contributed by atoms with Crippen LogP contribution in [0.3, 0.4) is 0 Å². The Labute approximate surface area is 110 Å². The van der Waals surface area contributed by atoms with E-state index >= 15 is 0 Å². The molecule has 0 spiro atoms. The third-order valence-corrected chi connectivity index (χ3v) is 5.52. The zero-order valence-corrected chi connectivity index (χ0v) is 12.5. The molecule has 3 nitrogen and oxygen atoms in total. The average molecular weight is 270 g/mol. The summed E-state index contributed by atoms with van der Waals surface area (Å²) in [6.45, 7) is 9.25. The predicted octanol–water partition coefficient (Wildman–Crippen LogP) is 2.53. The molecule has 102 valence electrons. The summed E-state index contributed by atoms with van der Waals surface area (Å²) in [4.78, 5) is 0.268. The number of hydrogen-bond acceptors (Lipinski definition) is 3. The van der Waals surface area contributed by atoms with E-state index in [9.17, 15) is 13.5 Å². The number of aliphatic hydroxyl groups is 1. The summed E-state index contributed by atoms with van der Waals surface area (Å²) in [5.41, 5.74) is 1.09. The summed E-state index contributed by atoms with van der Waals surface area (Å²) >= 11 is 0. The Morgan fingerprint density at radius 2 is 1.50 bits per heavy atom. The van der Waals surface area contributed by atoms with Crippen LogP contribution in [0.1, 0.15) is 40.2 Å². The van der Waals surface area contributed by atoms with Crippen LogP contribution in [-0.2, 0) is 15.3 Å². The van der Waals surface area contributed by atoms with E-state index in [0.717, 1.165) is 5.56 Å². The van der Waals surface area contributed by atoms with Crippen LogP contribution in [0.5, 0.6) is 0 Å². The van der Waals surface area contributed by atoms with Gasteiger partial charge in [-0.15, -0.1) is 0 Å². The first-order valence-corrected chi connectivity index (χ1v) is 7.64. The average Bonchev–Trinajstić information content (AvgIpc) is 2.26. The lowest BCUT2D eigenvalue weighted by Crippen LogP contribution is -2.29. The topological polar surface area (TPSA) is 54.4 Å². The van der Waals surface area contributed by atoms with Gasteiger partial charge in [0.2, 0.25) is 0 Å². The predicted molar refractivity (Wildman–Crippen MR) is 73.5 cm³/mol. The molecular weight excluding hydrogens is 248 g/mol. The normalized spacial score (nSPS) is 16.3. The van der Waals surface area contributed by atoms with Crippen LogP contribution in [0, 0.1) is 0 Å². The molecule has 0 radical (unpaired) electrons. The van der Waals surface area contributed by atoms with E-state index in [1.165, 1.54) is 13.8 Å². The Bertz CT molecular complexity index is 493. The molecular formula is C14H22O3S. The molecule has 18 heavy (non-hydrogen) atoms. The Balaban J connectivity index is 3.14. The van der Waals surface area contributed by atoms with Gasteiger partial charge in [0.05, 0.1) is 16.2 Å². The summed E-state index contributed by atoms with van der Waals surface area (Å²) in [6.07, 6.45) is -0.878. The highest BCUT2D eigenvalue weighted by molar-refractivity contribution is 7.92. The molecule has 2 unspecified atom stereocenters. The Morgan fingerprint density at radius 1 is 1.06 bits per heavy atom. The first-order chi connectivity index (χ1) is 8.06. The van der Waals surface area contributed by atoms with E-state index in [1.54, 1.807) is 12.1 Å². The molecule has 0 heterocycles. The monoisotopic (exact) mass is 270 g/mol. The minimum Gasteiger partial charge on any atom is -0.392 e. The molecule has 1 rings (SSSR count). The van der Waals surface area contributed by atoms with Crippen LogP contribution < -0.4 is 0 Å². The van der Waals surface area contributed by atoms with Crippen LogP contribution in [0.2, 0.25) is 0 Å². The van der Waals surface area contributed by atoms with Crippen molar-refractivity contribution in [3.63, 3.8) is 0 Å². The van der Waals surface area contributed by atoms with Crippen LogP contribution in [-0.4, -0.2) is 24.9 Å². The van der Waals surface area contributed by atoms with Gasteiger partial charge in [-0.1, -0.05) is 32.9 Å². The van der Waals surface area contributed by atoms with Gasteiger partial charge in [-0.25, -0.2) is 8.42 Å². The van der Waals surface area contributed by atoms with Gasteiger partial charge in [0.1, 0.15) is 0 Å². The van der Waals surface area contributed by atoms with Gasteiger partial charge in [0, 0.05) is 0 Å². The maximum absolute atomic E-state index is 12.2. The maximum Gasteiger partial charge on any atom is 0.183 e. The van der Waals surface area contributed by atoms with Gasteiger partial charge in [-0.05, 0) is 37.0 Å². The van der Waals surface area contributed by atoms with Gasteiger partial charge in [0.15, 0.2) is 9.84 Å². The number of benzene rings is 1. The molecule has 0 saturated carbocycles. The molecule has 2 atom stereocenters. The van der Waals surface area contributed by atoms with Gasteiger partial charge >= 0.3 is 0 Å². The summed E-state index contributed by atoms with van der Waals surface area (Å²) in [5, 5.41) is 8.63. The lowest BCUT2D eigenvalue weighted by Gasteiger charge is -2.20. The first kappa shape index (κ1) is 15.2. The van der Waals surface area contributed by atoms with Crippen molar-refractivity contribution in [2.24, 2.45) is 0 Å². The molecule has 0 bridgehead atoms. The molecule has 1 aromatic rings. The molecule has 1 aromatic carbocycles. The molecule has 0 aromatic heterocycles. The minimum absolute atomic E-state index is 0.00181. The van der Waals surface area contributed by atoms with E-state index < -0.39 is 21.2 Å². The van der Waals surface area contributed by atoms with Crippen LogP contribution >= 0.6 is 0 Å². The van der Waals surface area contributed by atoms with Crippen molar-refractivity contribution in [1.29, 1.82) is 0 Å². The van der Waals surface area contributed by atoms with Crippen molar-refractivity contribution in [1.82, 2.24) is 0 Å². The number of rotatable bonds is 3. The molecule has 4 heteroatoms. The summed E-state index contributed by atoms with van der Waals surface area (Å²) in [7, 11) is -3.45. The third-order valence-electron chi connectivity index (χ3n) is 3.22. The molecule has 0 aliphatic rings. The largest absolute Gasteiger partial charge is 0.392 e. The lowest BCUT2D eigenvalue weighted by molar-refractivity contribution is 0.193. The van der Waals surface area contributed by atoms with E-state index in [-0.39, 0.29) is 10.3 Å². The second-order valence-corrected chi connectivity index (χ2v) is 8.07. The number of hydrogen-bond donors (Lipinski definition) is 1. The van der Waals surface area contributed by atoms with Crippen molar-refractivity contribution in [3.8, 4) is 0 Å². The van der Waals surface area contributed by atoms with Gasteiger partial charge in [-0.3, -0.25) is 0 Å². The van der Waals surface area contributed by atoms with E-state index in [1.807, 2.05) is 12.1 Å². The third kappa shape index (κ3) is 3.12. The van der Waals surface area contributed by atoms with E-state index in [0.29, 0.717) is 0 Å². The fraction of sp³-hybridized carbons (Fsp3) is 0.571. The summed E-state index contributed by atoms with van der Waals surface area (Å²) < 4.78 is 24.3. The van der Waals surface area contributed by atoms with Gasteiger partial charge < -0.3 is 5.11 Å². The van der Waals surface area contributed by atoms with Crippen molar-refractivity contribution >= 4 is 9.84 Å². The molecule has 0 fully saturated rings. The summed E-state index contributed by atoms with van der Waals surface area (Å²) in [5.74, 6) is 0. The minimum atomic E-state index is -3.45. The van der Waals surface area contributed by atoms with Crippen molar-refractivity contribution in [3.05, 3.63) is 29.8 Å². The van der Waals surface area contributed by atoms with E-state index in [2.05, 4.69) is 20.8 Å². The van der Waals surface area contributed by atoms with Gasteiger partial charge in [0.25, 0.3) is 0 Å². The van der Waals surface area contributed by atoms with Crippen molar-refractivity contribution in [2.75, 3.05) is 0 Å². The standard InChI is InChI=1S/C14H22O3S/c1-10(15)11(2)18(16,17)13-8-6-12(7-9-13)14(3,4)5/h6-11,15H,1-5H3. The van der Waals surface area contributed by atoms with Crippen LogP contribution in [0.15, 0.2) is 29.2 Å². The van der Waals surface area contributed by atoms with Crippen LogP contribution in [0.4, 0.5) is 0 Å². The highest BCUT2D eigenvalue weighted by atomic mass is 32.2. The zero-order valence-electron chi connectivity index (χ0n) is 11.6. The fourth-order valence-corrected chi connectivity index (χ4v) is 3.08. The first-order valence-electron chi connectivity index (χ1n) is 6.09. The molecule has 1 N–H and O–H groups in total. The highest BCUT2D eigenvalue weighted by Gasteiger charge is 2.27. The molecule has 0 saturated heterocycles. The smallest absolute Gasteiger partial charge is 0.183 e. The van der Waals surface area contributed by atoms with Crippen molar-refractivity contribution in [2.45, 2.75) is 56.3 Å². The summed E-state index contributed by atoms with van der Waals surface area (Å²) in [6, 6.07) is 6.91. The fourth-order valence-electron chi connectivity index (χ4n) is 1.62. The number of aliphatic hydroxyl groups excluding tert-OH is 1. The zero-order chi connectivity index (χ0) is 14.1. The maximum atomic E-state index is 12.2. The van der Waals surface area contributed by atoms with Gasteiger partial charge in [-0.2, -0.15) is 0 Å². The second kappa shape index (κ2) is 5.02. The lowest BCUT2D eigenvalue weighted by atomic mass is 9.87. The highest BCUT2D eigenvalue weighted by Crippen LogP contribution is 2.25. The van der Waals surface area contributed by atoms with Crippen molar-refractivity contribution < 1.29 is 13.5 Å². The number of sulfone groups is 1.